The standard InChI is InChI=1S/C14H12BrF2NO/c15-12-5-6-13(16)11(14(12)17)8-19-10-3-1-9(7-18)2-4-10/h1-6H,7-8,18H2. The summed E-state index contributed by atoms with van der Waals surface area (Å²) in [5.41, 5.74) is 6.34. The van der Waals surface area contributed by atoms with Crippen molar-refractivity contribution in [2.45, 2.75) is 13.2 Å². The van der Waals surface area contributed by atoms with Gasteiger partial charge in [-0.25, -0.2) is 8.78 Å². The van der Waals surface area contributed by atoms with Crippen LogP contribution in [0.3, 0.4) is 0 Å². The van der Waals surface area contributed by atoms with Gasteiger partial charge in [-0.2, -0.15) is 0 Å². The van der Waals surface area contributed by atoms with Gasteiger partial charge in [-0.15, -0.1) is 0 Å². The molecule has 0 unspecified atom stereocenters. The molecule has 0 saturated heterocycles. The van der Waals surface area contributed by atoms with Gasteiger partial charge in [0.15, 0.2) is 0 Å². The number of hydrogen-bond acceptors (Lipinski definition) is 2. The van der Waals surface area contributed by atoms with Gasteiger partial charge < -0.3 is 10.5 Å². The Kier molecular flexibility index (Phi) is 4.50. The van der Waals surface area contributed by atoms with Gasteiger partial charge in [-0.1, -0.05) is 12.1 Å². The average molecular weight is 328 g/mol. The number of hydrogen-bond donors (Lipinski definition) is 1. The van der Waals surface area contributed by atoms with Gasteiger partial charge in [0.2, 0.25) is 0 Å². The molecule has 2 N–H and O–H groups in total. The monoisotopic (exact) mass is 327 g/mol. The topological polar surface area (TPSA) is 35.2 Å². The Labute approximate surface area is 118 Å². The second-order valence-corrected chi connectivity index (χ2v) is 4.81. The molecule has 0 aromatic heterocycles. The van der Waals surface area contributed by atoms with Gasteiger partial charge in [-0.3, -0.25) is 0 Å². The summed E-state index contributed by atoms with van der Waals surface area (Å²) in [5.74, 6) is -0.728. The highest BCUT2D eigenvalue weighted by atomic mass is 79.9. The first kappa shape index (κ1) is 14.0. The predicted octanol–water partition coefficient (Wildman–Crippen LogP) is 3.77. The summed E-state index contributed by atoms with van der Waals surface area (Å²) in [6.45, 7) is 0.272. The fraction of sp³-hybridized carbons (Fsp3) is 0.143. The van der Waals surface area contributed by atoms with E-state index >= 15 is 0 Å². The Morgan fingerprint density at radius 2 is 1.74 bits per heavy atom. The fourth-order valence-electron chi connectivity index (χ4n) is 1.58. The van der Waals surface area contributed by atoms with E-state index in [2.05, 4.69) is 15.9 Å². The van der Waals surface area contributed by atoms with Crippen molar-refractivity contribution < 1.29 is 13.5 Å². The van der Waals surface area contributed by atoms with Gasteiger partial charge >= 0.3 is 0 Å². The SMILES string of the molecule is NCc1ccc(OCc2c(F)ccc(Br)c2F)cc1. The van der Waals surface area contributed by atoms with Gasteiger partial charge in [-0.05, 0) is 45.8 Å². The molecule has 0 fully saturated rings. The normalized spacial score (nSPS) is 10.5. The molecule has 5 heteroatoms. The van der Waals surface area contributed by atoms with Gasteiger partial charge in [0, 0.05) is 6.54 Å². The summed E-state index contributed by atoms with van der Waals surface area (Å²) in [6.07, 6.45) is 0. The molecule has 0 heterocycles. The molecule has 0 aliphatic heterocycles. The lowest BCUT2D eigenvalue weighted by atomic mass is 10.2. The molecular formula is C14H12BrF2NO. The van der Waals surface area contributed by atoms with Crippen molar-refractivity contribution in [2.75, 3.05) is 0 Å². The summed E-state index contributed by atoms with van der Waals surface area (Å²) in [4.78, 5) is 0. The van der Waals surface area contributed by atoms with Crippen LogP contribution in [0.25, 0.3) is 0 Å². The number of rotatable bonds is 4. The lowest BCUT2D eigenvalue weighted by Crippen LogP contribution is -2.03. The first-order valence-electron chi connectivity index (χ1n) is 5.66. The molecule has 0 atom stereocenters. The number of benzene rings is 2. The average Bonchev–Trinajstić information content (AvgIpc) is 2.44. The van der Waals surface area contributed by atoms with E-state index in [-0.39, 0.29) is 16.6 Å². The Bertz CT molecular complexity index is 572. The Balaban J connectivity index is 2.12. The number of nitrogens with two attached hydrogens (primary N) is 1. The van der Waals surface area contributed by atoms with Crippen molar-refractivity contribution in [3.8, 4) is 5.75 Å². The molecule has 2 rings (SSSR count). The molecule has 2 nitrogen and oxygen atoms in total. The van der Waals surface area contributed by atoms with E-state index in [0.717, 1.165) is 5.56 Å². The van der Waals surface area contributed by atoms with Crippen molar-refractivity contribution in [3.63, 3.8) is 0 Å². The third-order valence-electron chi connectivity index (χ3n) is 2.68. The van der Waals surface area contributed by atoms with E-state index < -0.39 is 11.6 Å². The summed E-state index contributed by atoms with van der Waals surface area (Å²) >= 11 is 3.01. The van der Waals surface area contributed by atoms with Crippen LogP contribution in [-0.2, 0) is 13.2 Å². The van der Waals surface area contributed by atoms with Gasteiger partial charge in [0.25, 0.3) is 0 Å². The molecule has 2 aromatic carbocycles. The molecule has 0 aliphatic carbocycles. The van der Waals surface area contributed by atoms with Crippen LogP contribution in [0.5, 0.6) is 5.75 Å². The Morgan fingerprint density at radius 1 is 1.05 bits per heavy atom. The van der Waals surface area contributed by atoms with Crippen molar-refractivity contribution in [2.24, 2.45) is 5.73 Å². The molecular weight excluding hydrogens is 316 g/mol. The van der Waals surface area contributed by atoms with E-state index in [1.807, 2.05) is 12.1 Å². The van der Waals surface area contributed by atoms with Gasteiger partial charge in [0.1, 0.15) is 24.0 Å². The minimum atomic E-state index is -0.640. The zero-order chi connectivity index (χ0) is 13.8. The summed E-state index contributed by atoms with van der Waals surface area (Å²) < 4.78 is 32.8. The Morgan fingerprint density at radius 3 is 2.37 bits per heavy atom. The molecule has 0 radical (unpaired) electrons. The van der Waals surface area contributed by atoms with E-state index in [9.17, 15) is 8.78 Å². The van der Waals surface area contributed by atoms with E-state index in [4.69, 9.17) is 10.5 Å². The van der Waals surface area contributed by atoms with Crippen molar-refractivity contribution >= 4 is 15.9 Å². The smallest absolute Gasteiger partial charge is 0.146 e. The minimum Gasteiger partial charge on any atom is -0.489 e. The van der Waals surface area contributed by atoms with Crippen LogP contribution in [0.2, 0.25) is 0 Å². The van der Waals surface area contributed by atoms with E-state index in [1.165, 1.54) is 12.1 Å². The molecule has 0 saturated carbocycles. The maximum Gasteiger partial charge on any atom is 0.146 e. The number of halogens is 3. The highest BCUT2D eigenvalue weighted by molar-refractivity contribution is 9.10. The van der Waals surface area contributed by atoms with Crippen molar-refractivity contribution in [1.82, 2.24) is 0 Å². The molecule has 0 spiro atoms. The lowest BCUT2D eigenvalue weighted by molar-refractivity contribution is 0.292. The highest BCUT2D eigenvalue weighted by Crippen LogP contribution is 2.23. The Hall–Kier alpha value is -1.46. The van der Waals surface area contributed by atoms with Crippen LogP contribution in [0.15, 0.2) is 40.9 Å². The summed E-state index contributed by atoms with van der Waals surface area (Å²) in [6, 6.07) is 9.57. The van der Waals surface area contributed by atoms with Crippen LogP contribution < -0.4 is 10.5 Å². The maximum atomic E-state index is 13.7. The fourth-order valence-corrected chi connectivity index (χ4v) is 1.95. The molecule has 19 heavy (non-hydrogen) atoms. The van der Waals surface area contributed by atoms with E-state index in [0.29, 0.717) is 12.3 Å². The third-order valence-corrected chi connectivity index (χ3v) is 3.29. The second kappa shape index (κ2) is 6.12. The molecule has 0 amide bonds. The van der Waals surface area contributed by atoms with Crippen LogP contribution in [0.4, 0.5) is 8.78 Å². The largest absolute Gasteiger partial charge is 0.489 e. The summed E-state index contributed by atoms with van der Waals surface area (Å²) in [7, 11) is 0. The van der Waals surface area contributed by atoms with Crippen LogP contribution in [-0.4, -0.2) is 0 Å². The highest BCUT2D eigenvalue weighted by Gasteiger charge is 2.12. The van der Waals surface area contributed by atoms with Gasteiger partial charge in [0.05, 0.1) is 10.0 Å². The van der Waals surface area contributed by atoms with Crippen LogP contribution in [0.1, 0.15) is 11.1 Å². The molecule has 2 aromatic rings. The minimum absolute atomic E-state index is 0.0997. The zero-order valence-electron chi connectivity index (χ0n) is 10.00. The first-order chi connectivity index (χ1) is 9.11. The van der Waals surface area contributed by atoms with Crippen LogP contribution in [0, 0.1) is 11.6 Å². The quantitative estimate of drug-likeness (QED) is 0.868. The predicted molar refractivity (Wildman–Crippen MR) is 72.7 cm³/mol. The van der Waals surface area contributed by atoms with Crippen molar-refractivity contribution in [3.05, 3.63) is 63.6 Å². The lowest BCUT2D eigenvalue weighted by Gasteiger charge is -2.09. The molecule has 0 bridgehead atoms. The summed E-state index contributed by atoms with van der Waals surface area (Å²) in [5, 5.41) is 0. The van der Waals surface area contributed by atoms with Crippen molar-refractivity contribution in [1.29, 1.82) is 0 Å². The zero-order valence-corrected chi connectivity index (χ0v) is 11.6. The van der Waals surface area contributed by atoms with Crippen LogP contribution >= 0.6 is 15.9 Å². The first-order valence-corrected chi connectivity index (χ1v) is 6.45. The second-order valence-electron chi connectivity index (χ2n) is 3.96. The molecule has 0 aliphatic rings. The maximum absolute atomic E-state index is 13.7. The van der Waals surface area contributed by atoms with E-state index in [1.54, 1.807) is 12.1 Å². The molecule has 100 valence electrons. The number of ether oxygens (including phenoxy) is 1. The third kappa shape index (κ3) is 3.30.